The van der Waals surface area contributed by atoms with Crippen LogP contribution < -0.4 is 5.32 Å². The smallest absolute Gasteiger partial charge is 0.251 e. The molecule has 1 saturated carbocycles. The molecule has 0 radical (unpaired) electrons. The third-order valence-corrected chi connectivity index (χ3v) is 4.39. The van der Waals surface area contributed by atoms with Gasteiger partial charge >= 0.3 is 0 Å². The van der Waals surface area contributed by atoms with E-state index in [-0.39, 0.29) is 11.3 Å². The maximum atomic E-state index is 11.9. The quantitative estimate of drug-likeness (QED) is 0.728. The second-order valence-corrected chi connectivity index (χ2v) is 5.57. The van der Waals surface area contributed by atoms with Crippen LogP contribution in [-0.2, 0) is 5.41 Å². The lowest BCUT2D eigenvalue weighted by Crippen LogP contribution is -2.47. The molecule has 0 unspecified atom stereocenters. The summed E-state index contributed by atoms with van der Waals surface area (Å²) in [6.45, 7) is 2.95. The van der Waals surface area contributed by atoms with Crippen molar-refractivity contribution in [3.8, 4) is 0 Å². The maximum absolute atomic E-state index is 11.9. The second kappa shape index (κ2) is 3.86. The fourth-order valence-corrected chi connectivity index (χ4v) is 3.41. The molecule has 17 heavy (non-hydrogen) atoms. The summed E-state index contributed by atoms with van der Waals surface area (Å²) < 4.78 is 0. The highest BCUT2D eigenvalue weighted by Crippen LogP contribution is 2.42. The first-order valence-corrected chi connectivity index (χ1v) is 6.61. The standard InChI is InChI=1S/C15H19NO/c1-11-5-6-12-13(9-11)15(10-16-14(12)17)7-3-2-4-8-15/h5-6,9H,2-4,7-8,10H2,1H3,(H,16,17). The van der Waals surface area contributed by atoms with Crippen LogP contribution >= 0.6 is 0 Å². The Morgan fingerprint density at radius 2 is 1.94 bits per heavy atom. The number of carbonyl (C=O) groups is 1. The molecule has 1 N–H and O–H groups in total. The summed E-state index contributed by atoms with van der Waals surface area (Å²) >= 11 is 0. The van der Waals surface area contributed by atoms with E-state index in [1.54, 1.807) is 0 Å². The van der Waals surface area contributed by atoms with Crippen molar-refractivity contribution >= 4 is 5.91 Å². The van der Waals surface area contributed by atoms with Crippen LogP contribution in [0.25, 0.3) is 0 Å². The molecule has 90 valence electrons. The molecule has 1 spiro atoms. The predicted octanol–water partition coefficient (Wildman–Crippen LogP) is 2.94. The van der Waals surface area contributed by atoms with Crippen LogP contribution in [0.4, 0.5) is 0 Å². The zero-order valence-corrected chi connectivity index (χ0v) is 10.4. The number of rotatable bonds is 0. The first-order valence-electron chi connectivity index (χ1n) is 6.61. The lowest BCUT2D eigenvalue weighted by Gasteiger charge is -2.42. The van der Waals surface area contributed by atoms with Gasteiger partial charge in [0.2, 0.25) is 0 Å². The van der Waals surface area contributed by atoms with E-state index in [2.05, 4.69) is 18.3 Å². The zero-order chi connectivity index (χ0) is 11.9. The van der Waals surface area contributed by atoms with E-state index in [9.17, 15) is 4.79 Å². The number of benzene rings is 1. The molecule has 1 aromatic carbocycles. The fraction of sp³-hybridized carbons (Fsp3) is 0.533. The SMILES string of the molecule is Cc1ccc2c(c1)C1(CCCCC1)CNC2=O. The number of aryl methyl sites for hydroxylation is 1. The minimum absolute atomic E-state index is 0.108. The van der Waals surface area contributed by atoms with Crippen molar-refractivity contribution in [3.63, 3.8) is 0 Å². The molecule has 0 bridgehead atoms. The molecular weight excluding hydrogens is 210 g/mol. The van der Waals surface area contributed by atoms with Crippen LogP contribution in [0.2, 0.25) is 0 Å². The molecule has 1 fully saturated rings. The van der Waals surface area contributed by atoms with Crippen LogP contribution in [0.5, 0.6) is 0 Å². The molecule has 2 heteroatoms. The van der Waals surface area contributed by atoms with Gasteiger partial charge in [-0.1, -0.05) is 37.0 Å². The topological polar surface area (TPSA) is 29.1 Å². The van der Waals surface area contributed by atoms with Gasteiger partial charge in [0.15, 0.2) is 0 Å². The summed E-state index contributed by atoms with van der Waals surface area (Å²) in [7, 11) is 0. The van der Waals surface area contributed by atoms with Gasteiger partial charge in [0.1, 0.15) is 0 Å². The van der Waals surface area contributed by atoms with Crippen LogP contribution in [0.15, 0.2) is 18.2 Å². The van der Waals surface area contributed by atoms with Crippen molar-refractivity contribution in [2.24, 2.45) is 0 Å². The van der Waals surface area contributed by atoms with Crippen molar-refractivity contribution in [2.75, 3.05) is 6.54 Å². The van der Waals surface area contributed by atoms with Crippen molar-refractivity contribution < 1.29 is 4.79 Å². The van der Waals surface area contributed by atoms with E-state index < -0.39 is 0 Å². The van der Waals surface area contributed by atoms with Crippen molar-refractivity contribution in [2.45, 2.75) is 44.4 Å². The Kier molecular flexibility index (Phi) is 2.46. The van der Waals surface area contributed by atoms with Gasteiger partial charge in [0.25, 0.3) is 5.91 Å². The average Bonchev–Trinajstić information content (AvgIpc) is 2.36. The molecule has 1 aliphatic heterocycles. The van der Waals surface area contributed by atoms with E-state index in [0.29, 0.717) is 0 Å². The van der Waals surface area contributed by atoms with E-state index >= 15 is 0 Å². The fourth-order valence-electron chi connectivity index (χ4n) is 3.41. The van der Waals surface area contributed by atoms with Crippen LogP contribution in [0.3, 0.4) is 0 Å². The van der Waals surface area contributed by atoms with Crippen molar-refractivity contribution in [3.05, 3.63) is 34.9 Å². The van der Waals surface area contributed by atoms with Crippen LogP contribution in [0, 0.1) is 6.92 Å². The number of amides is 1. The van der Waals surface area contributed by atoms with Crippen molar-refractivity contribution in [1.82, 2.24) is 5.32 Å². The Labute approximate surface area is 102 Å². The Hall–Kier alpha value is -1.31. The Morgan fingerprint density at radius 3 is 2.71 bits per heavy atom. The van der Waals surface area contributed by atoms with Crippen molar-refractivity contribution in [1.29, 1.82) is 0 Å². The summed E-state index contributed by atoms with van der Waals surface area (Å²) in [6.07, 6.45) is 6.39. The highest BCUT2D eigenvalue weighted by Gasteiger charge is 2.39. The predicted molar refractivity (Wildman–Crippen MR) is 68.3 cm³/mol. The van der Waals surface area contributed by atoms with Gasteiger partial charge in [-0.25, -0.2) is 0 Å². The zero-order valence-electron chi connectivity index (χ0n) is 10.4. The van der Waals surface area contributed by atoms with Gasteiger partial charge in [-0.05, 0) is 31.4 Å². The highest BCUT2D eigenvalue weighted by molar-refractivity contribution is 5.97. The summed E-state index contributed by atoms with van der Waals surface area (Å²) in [5.74, 6) is 0.108. The Morgan fingerprint density at radius 1 is 1.18 bits per heavy atom. The lowest BCUT2D eigenvalue weighted by molar-refractivity contribution is 0.0912. The van der Waals surface area contributed by atoms with E-state index in [1.165, 1.54) is 43.2 Å². The summed E-state index contributed by atoms with van der Waals surface area (Å²) in [4.78, 5) is 11.9. The molecule has 3 rings (SSSR count). The first kappa shape index (κ1) is 10.8. The highest BCUT2D eigenvalue weighted by atomic mass is 16.1. The molecule has 1 heterocycles. The second-order valence-electron chi connectivity index (χ2n) is 5.57. The number of nitrogens with one attached hydrogen (secondary N) is 1. The summed E-state index contributed by atoms with van der Waals surface area (Å²) in [6, 6.07) is 6.27. The van der Waals surface area contributed by atoms with E-state index in [1.807, 2.05) is 12.1 Å². The minimum atomic E-state index is 0.108. The number of hydrogen-bond acceptors (Lipinski definition) is 1. The molecule has 1 aliphatic carbocycles. The van der Waals surface area contributed by atoms with Gasteiger partial charge in [0.05, 0.1) is 0 Å². The molecule has 1 aromatic rings. The minimum Gasteiger partial charge on any atom is -0.351 e. The molecule has 0 atom stereocenters. The normalized spacial score (nSPS) is 22.1. The monoisotopic (exact) mass is 229 g/mol. The maximum Gasteiger partial charge on any atom is 0.251 e. The number of carbonyl (C=O) groups excluding carboxylic acids is 1. The third-order valence-electron chi connectivity index (χ3n) is 4.39. The molecule has 1 amide bonds. The number of hydrogen-bond donors (Lipinski definition) is 1. The van der Waals surface area contributed by atoms with Gasteiger partial charge in [-0.15, -0.1) is 0 Å². The molecular formula is C15H19NO. The Bertz CT molecular complexity index is 458. The van der Waals surface area contributed by atoms with E-state index in [4.69, 9.17) is 0 Å². The first-order chi connectivity index (χ1) is 8.21. The van der Waals surface area contributed by atoms with Crippen LogP contribution in [0.1, 0.15) is 53.6 Å². The largest absolute Gasteiger partial charge is 0.351 e. The lowest BCUT2D eigenvalue weighted by atomic mass is 9.66. The summed E-state index contributed by atoms with van der Waals surface area (Å²) in [5.41, 5.74) is 3.71. The Balaban J connectivity index is 2.12. The number of fused-ring (bicyclic) bond motifs is 2. The van der Waals surface area contributed by atoms with Gasteiger partial charge < -0.3 is 5.32 Å². The molecule has 2 aliphatic rings. The van der Waals surface area contributed by atoms with Gasteiger partial charge in [-0.2, -0.15) is 0 Å². The van der Waals surface area contributed by atoms with Gasteiger partial charge in [0, 0.05) is 17.5 Å². The summed E-state index contributed by atoms with van der Waals surface area (Å²) in [5, 5.41) is 3.08. The van der Waals surface area contributed by atoms with Crippen LogP contribution in [-0.4, -0.2) is 12.5 Å². The average molecular weight is 229 g/mol. The van der Waals surface area contributed by atoms with E-state index in [0.717, 1.165) is 12.1 Å². The third kappa shape index (κ3) is 1.67. The van der Waals surface area contributed by atoms with Gasteiger partial charge in [-0.3, -0.25) is 4.79 Å². The molecule has 0 aromatic heterocycles. The molecule has 2 nitrogen and oxygen atoms in total. The molecule has 0 saturated heterocycles.